The number of nitrogens with two attached hydrogens (primary N) is 1. The van der Waals surface area contributed by atoms with Crippen molar-refractivity contribution in [3.8, 4) is 0 Å². The van der Waals surface area contributed by atoms with Gasteiger partial charge in [0.25, 0.3) is 0 Å². The van der Waals surface area contributed by atoms with Gasteiger partial charge >= 0.3 is 0 Å². The van der Waals surface area contributed by atoms with Crippen molar-refractivity contribution in [2.75, 3.05) is 32.7 Å². The smallest absolute Gasteiger partial charge is 0.226 e. The molecule has 2 aliphatic carbocycles. The SMILES string of the molecule is Cl.NC[C@H]1CCC[C@H]1C(=O)N1CCN(C(=O)C2CCCCC2)CC1. The summed E-state index contributed by atoms with van der Waals surface area (Å²) in [5, 5.41) is 0. The van der Waals surface area contributed by atoms with E-state index in [2.05, 4.69) is 0 Å². The van der Waals surface area contributed by atoms with Crippen molar-refractivity contribution in [3.05, 3.63) is 0 Å². The average molecular weight is 358 g/mol. The number of piperazine rings is 1. The van der Waals surface area contributed by atoms with E-state index in [0.29, 0.717) is 44.5 Å². The minimum atomic E-state index is 0. The minimum absolute atomic E-state index is 0. The maximum Gasteiger partial charge on any atom is 0.226 e. The van der Waals surface area contributed by atoms with Crippen LogP contribution in [0.5, 0.6) is 0 Å². The van der Waals surface area contributed by atoms with Crippen LogP contribution in [-0.4, -0.2) is 54.3 Å². The van der Waals surface area contributed by atoms with Gasteiger partial charge in [-0.2, -0.15) is 0 Å². The Bertz CT molecular complexity index is 432. The second-order valence-electron chi connectivity index (χ2n) is 7.52. The zero-order chi connectivity index (χ0) is 16.2. The number of halogens is 1. The van der Waals surface area contributed by atoms with Crippen LogP contribution in [0.3, 0.4) is 0 Å². The number of hydrogen-bond acceptors (Lipinski definition) is 3. The lowest BCUT2D eigenvalue weighted by atomic mass is 9.88. The molecule has 2 N–H and O–H groups in total. The molecule has 2 amide bonds. The summed E-state index contributed by atoms with van der Waals surface area (Å²) < 4.78 is 0. The summed E-state index contributed by atoms with van der Waals surface area (Å²) in [5.41, 5.74) is 5.81. The van der Waals surface area contributed by atoms with Gasteiger partial charge in [0, 0.05) is 38.0 Å². The van der Waals surface area contributed by atoms with Gasteiger partial charge in [-0.3, -0.25) is 9.59 Å². The zero-order valence-electron chi connectivity index (χ0n) is 14.6. The number of carbonyl (C=O) groups is 2. The maximum absolute atomic E-state index is 12.7. The Hall–Kier alpha value is -0.810. The Balaban J connectivity index is 0.00000208. The highest BCUT2D eigenvalue weighted by atomic mass is 35.5. The number of carbonyl (C=O) groups excluding carboxylic acids is 2. The van der Waals surface area contributed by atoms with E-state index in [4.69, 9.17) is 5.73 Å². The third kappa shape index (κ3) is 4.23. The largest absolute Gasteiger partial charge is 0.339 e. The summed E-state index contributed by atoms with van der Waals surface area (Å²) in [6, 6.07) is 0. The van der Waals surface area contributed by atoms with Gasteiger partial charge in [0.15, 0.2) is 0 Å². The Morgan fingerprint density at radius 3 is 1.96 bits per heavy atom. The zero-order valence-corrected chi connectivity index (χ0v) is 15.4. The van der Waals surface area contributed by atoms with Crippen LogP contribution in [0, 0.1) is 17.8 Å². The molecule has 1 heterocycles. The molecule has 1 aliphatic heterocycles. The molecule has 138 valence electrons. The molecule has 0 spiro atoms. The van der Waals surface area contributed by atoms with Gasteiger partial charge in [-0.15, -0.1) is 12.4 Å². The lowest BCUT2D eigenvalue weighted by molar-refractivity contribution is -0.145. The van der Waals surface area contributed by atoms with E-state index in [-0.39, 0.29) is 30.2 Å². The first-order chi connectivity index (χ1) is 11.2. The Kier molecular flexibility index (Phi) is 7.35. The molecule has 2 atom stereocenters. The number of rotatable bonds is 3. The highest BCUT2D eigenvalue weighted by Crippen LogP contribution is 2.33. The molecule has 3 fully saturated rings. The lowest BCUT2D eigenvalue weighted by Crippen LogP contribution is -2.53. The van der Waals surface area contributed by atoms with Crippen LogP contribution in [0.15, 0.2) is 0 Å². The molecule has 0 aromatic carbocycles. The first kappa shape index (κ1) is 19.5. The fraction of sp³-hybridized carbons (Fsp3) is 0.889. The molecule has 6 heteroatoms. The van der Waals surface area contributed by atoms with Crippen LogP contribution >= 0.6 is 12.4 Å². The molecule has 0 aromatic heterocycles. The van der Waals surface area contributed by atoms with E-state index in [1.165, 1.54) is 19.3 Å². The van der Waals surface area contributed by atoms with Crippen molar-refractivity contribution in [2.45, 2.75) is 51.4 Å². The molecular weight excluding hydrogens is 326 g/mol. The minimum Gasteiger partial charge on any atom is -0.339 e. The Labute approximate surface area is 151 Å². The van der Waals surface area contributed by atoms with Crippen molar-refractivity contribution < 1.29 is 9.59 Å². The monoisotopic (exact) mass is 357 g/mol. The van der Waals surface area contributed by atoms with Gasteiger partial charge < -0.3 is 15.5 Å². The van der Waals surface area contributed by atoms with Gasteiger partial charge in [0.05, 0.1) is 0 Å². The Morgan fingerprint density at radius 1 is 0.792 bits per heavy atom. The van der Waals surface area contributed by atoms with Gasteiger partial charge in [-0.25, -0.2) is 0 Å². The van der Waals surface area contributed by atoms with E-state index in [9.17, 15) is 9.59 Å². The summed E-state index contributed by atoms with van der Waals surface area (Å²) in [6.45, 7) is 3.44. The van der Waals surface area contributed by atoms with Crippen molar-refractivity contribution >= 4 is 24.2 Å². The van der Waals surface area contributed by atoms with Crippen LogP contribution in [0.4, 0.5) is 0 Å². The molecule has 3 aliphatic rings. The predicted molar refractivity (Wildman–Crippen MR) is 96.9 cm³/mol. The average Bonchev–Trinajstić information content (AvgIpc) is 3.10. The molecule has 0 unspecified atom stereocenters. The summed E-state index contributed by atoms with van der Waals surface area (Å²) in [5.74, 6) is 1.34. The summed E-state index contributed by atoms with van der Waals surface area (Å²) in [6.07, 6.45) is 8.97. The first-order valence-electron chi connectivity index (χ1n) is 9.48. The van der Waals surface area contributed by atoms with Crippen molar-refractivity contribution in [1.29, 1.82) is 0 Å². The van der Waals surface area contributed by atoms with E-state index in [0.717, 1.165) is 32.1 Å². The number of nitrogens with zero attached hydrogens (tertiary/aromatic N) is 2. The highest BCUT2D eigenvalue weighted by molar-refractivity contribution is 5.85. The number of amides is 2. The second kappa shape index (κ2) is 9.04. The number of hydrogen-bond donors (Lipinski definition) is 1. The van der Waals surface area contributed by atoms with E-state index >= 15 is 0 Å². The molecule has 1 saturated heterocycles. The van der Waals surface area contributed by atoms with E-state index < -0.39 is 0 Å². The van der Waals surface area contributed by atoms with E-state index in [1.54, 1.807) is 0 Å². The van der Waals surface area contributed by atoms with Crippen LogP contribution in [0.2, 0.25) is 0 Å². The molecular formula is C18H32ClN3O2. The quantitative estimate of drug-likeness (QED) is 0.840. The van der Waals surface area contributed by atoms with Gasteiger partial charge in [0.1, 0.15) is 0 Å². The molecule has 3 rings (SSSR count). The summed E-state index contributed by atoms with van der Waals surface area (Å²) >= 11 is 0. The highest BCUT2D eigenvalue weighted by Gasteiger charge is 2.36. The van der Waals surface area contributed by atoms with Crippen molar-refractivity contribution in [2.24, 2.45) is 23.5 Å². The van der Waals surface area contributed by atoms with Gasteiger partial charge in [0.2, 0.25) is 11.8 Å². The summed E-state index contributed by atoms with van der Waals surface area (Å²) in [4.78, 5) is 29.3. The van der Waals surface area contributed by atoms with Crippen LogP contribution in [0.1, 0.15) is 51.4 Å². The second-order valence-corrected chi connectivity index (χ2v) is 7.52. The fourth-order valence-electron chi connectivity index (χ4n) is 4.63. The molecule has 5 nitrogen and oxygen atoms in total. The summed E-state index contributed by atoms with van der Waals surface area (Å²) in [7, 11) is 0. The third-order valence-electron chi connectivity index (χ3n) is 6.14. The fourth-order valence-corrected chi connectivity index (χ4v) is 4.63. The molecule has 24 heavy (non-hydrogen) atoms. The maximum atomic E-state index is 12.7. The van der Waals surface area contributed by atoms with Crippen molar-refractivity contribution in [1.82, 2.24) is 9.80 Å². The van der Waals surface area contributed by atoms with Gasteiger partial charge in [-0.05, 0) is 38.1 Å². The van der Waals surface area contributed by atoms with E-state index in [1.807, 2.05) is 9.80 Å². The molecule has 2 saturated carbocycles. The van der Waals surface area contributed by atoms with Crippen molar-refractivity contribution in [3.63, 3.8) is 0 Å². The molecule has 0 aromatic rings. The van der Waals surface area contributed by atoms with Crippen LogP contribution in [-0.2, 0) is 9.59 Å². The molecule has 0 radical (unpaired) electrons. The lowest BCUT2D eigenvalue weighted by Gasteiger charge is -2.38. The van der Waals surface area contributed by atoms with Gasteiger partial charge in [-0.1, -0.05) is 25.7 Å². The van der Waals surface area contributed by atoms with Crippen LogP contribution in [0.25, 0.3) is 0 Å². The standard InChI is InChI=1S/C18H31N3O2.ClH/c19-13-15-7-4-8-16(15)18(23)21-11-9-20(10-12-21)17(22)14-5-2-1-3-6-14;/h14-16H,1-13,19H2;1H/t15-,16-;/m1./s1. The third-order valence-corrected chi connectivity index (χ3v) is 6.14. The van der Waals surface area contributed by atoms with Crippen LogP contribution < -0.4 is 5.73 Å². The normalized spacial score (nSPS) is 28.5. The predicted octanol–water partition coefficient (Wildman–Crippen LogP) is 2.03. The first-order valence-corrected chi connectivity index (χ1v) is 9.48. The molecule has 0 bridgehead atoms. The Morgan fingerprint density at radius 2 is 1.38 bits per heavy atom. The topological polar surface area (TPSA) is 66.6 Å².